The largest absolute Gasteiger partial charge is 0.726 e. The average Bonchev–Trinajstić information content (AvgIpc) is 2.26. The highest BCUT2D eigenvalue weighted by atomic mass is 32.3. The van der Waals surface area contributed by atoms with Crippen molar-refractivity contribution in [3.63, 3.8) is 0 Å². The van der Waals surface area contributed by atoms with E-state index in [9.17, 15) is 5.11 Å². The second kappa shape index (κ2) is 8.97. The molecular formula is C11H21NO6S. The Bertz CT molecular complexity index is 426. The van der Waals surface area contributed by atoms with Crippen LogP contribution in [0.5, 0.6) is 0 Å². The first-order valence-electron chi connectivity index (χ1n) is 5.34. The maximum Gasteiger partial charge on any atom is 0.215 e. The molecule has 0 bridgehead atoms. The summed E-state index contributed by atoms with van der Waals surface area (Å²) < 4.78 is 32.8. The highest BCUT2D eigenvalue weighted by Crippen LogP contribution is 2.13. The van der Waals surface area contributed by atoms with Crippen LogP contribution in [0.2, 0.25) is 0 Å². The van der Waals surface area contributed by atoms with E-state index in [4.69, 9.17) is 17.5 Å². The first kappa shape index (κ1) is 20.3. The minimum atomic E-state index is -4.92. The molecule has 19 heavy (non-hydrogen) atoms. The van der Waals surface area contributed by atoms with Gasteiger partial charge in [0.1, 0.15) is 12.1 Å². The molecule has 0 unspecified atom stereocenters. The lowest BCUT2D eigenvalue weighted by Crippen LogP contribution is -3.10. The van der Waals surface area contributed by atoms with E-state index in [1.54, 1.807) is 0 Å². The third-order valence-electron chi connectivity index (χ3n) is 2.53. The van der Waals surface area contributed by atoms with Gasteiger partial charge in [-0.05, 0) is 12.5 Å². The van der Waals surface area contributed by atoms with E-state index < -0.39 is 10.4 Å². The fourth-order valence-corrected chi connectivity index (χ4v) is 1.25. The van der Waals surface area contributed by atoms with Crippen LogP contribution in [-0.4, -0.2) is 48.2 Å². The summed E-state index contributed by atoms with van der Waals surface area (Å²) in [6, 6.07) is 10.0. The van der Waals surface area contributed by atoms with Gasteiger partial charge in [0.25, 0.3) is 0 Å². The molecule has 0 aliphatic carbocycles. The molecule has 8 heteroatoms. The number of nitrogens with one attached hydrogen (secondary N) is 1. The van der Waals surface area contributed by atoms with E-state index in [1.807, 2.05) is 37.3 Å². The zero-order valence-corrected chi connectivity index (χ0v) is 11.9. The number of likely N-dealkylation sites (N-methyl/N-ethyl adjacent to an activating group) is 1. The fraction of sp³-hybridized carbons (Fsp3) is 0.455. The molecule has 7 nitrogen and oxygen atoms in total. The number of hydrogen-bond acceptors (Lipinski definition) is 4. The second-order valence-corrected chi connectivity index (χ2v) is 5.00. The molecule has 0 saturated heterocycles. The second-order valence-electron chi connectivity index (χ2n) is 4.15. The Morgan fingerprint density at radius 1 is 1.21 bits per heavy atom. The predicted molar refractivity (Wildman–Crippen MR) is 69.6 cm³/mol. The van der Waals surface area contributed by atoms with Gasteiger partial charge in [0.05, 0.1) is 14.1 Å². The topological polar surface area (TPSA) is 134 Å². The minimum Gasteiger partial charge on any atom is -0.726 e. The molecule has 0 amide bonds. The van der Waals surface area contributed by atoms with Crippen LogP contribution in [0.15, 0.2) is 30.3 Å². The Morgan fingerprint density at radius 3 is 1.89 bits per heavy atom. The lowest BCUT2D eigenvalue weighted by molar-refractivity contribution is -0.888. The van der Waals surface area contributed by atoms with Gasteiger partial charge in [-0.2, -0.15) is 0 Å². The Labute approximate surface area is 113 Å². The summed E-state index contributed by atoms with van der Waals surface area (Å²) in [5, 5.41) is 9.94. The van der Waals surface area contributed by atoms with E-state index in [2.05, 4.69) is 14.1 Å². The number of hydrogen-bond donors (Lipinski definition) is 3. The van der Waals surface area contributed by atoms with Crippen molar-refractivity contribution in [3.8, 4) is 0 Å². The van der Waals surface area contributed by atoms with Gasteiger partial charge in [-0.1, -0.05) is 30.3 Å². The molecular weight excluding hydrogens is 274 g/mol. The van der Waals surface area contributed by atoms with Gasteiger partial charge in [-0.3, -0.25) is 4.55 Å². The van der Waals surface area contributed by atoms with Crippen LogP contribution in [0.3, 0.4) is 0 Å². The minimum absolute atomic E-state index is 0. The molecule has 0 aliphatic rings. The number of rotatable bonds is 3. The zero-order chi connectivity index (χ0) is 14.3. The molecule has 1 aromatic rings. The van der Waals surface area contributed by atoms with Gasteiger partial charge in [0, 0.05) is 0 Å². The lowest BCUT2D eigenvalue weighted by Gasteiger charge is -2.22. The van der Waals surface area contributed by atoms with Crippen molar-refractivity contribution in [2.45, 2.75) is 19.1 Å². The molecule has 0 fully saturated rings. The Kier molecular flexibility index (Phi) is 9.58. The Balaban J connectivity index is 0. The maximum atomic E-state index is 9.94. The molecule has 1 rings (SSSR count). The van der Waals surface area contributed by atoms with Crippen LogP contribution in [0.25, 0.3) is 0 Å². The van der Waals surface area contributed by atoms with Gasteiger partial charge < -0.3 is 20.0 Å². The molecule has 0 heterocycles. The Morgan fingerprint density at radius 2 is 1.58 bits per heavy atom. The maximum absolute atomic E-state index is 9.94. The smallest absolute Gasteiger partial charge is 0.215 e. The monoisotopic (exact) mass is 295 g/mol. The summed E-state index contributed by atoms with van der Waals surface area (Å²) in [4.78, 5) is 1.26. The molecule has 0 saturated carbocycles. The highest BCUT2D eigenvalue weighted by molar-refractivity contribution is 7.79. The summed E-state index contributed by atoms with van der Waals surface area (Å²) in [7, 11) is -0.812. The van der Waals surface area contributed by atoms with Gasteiger partial charge >= 0.3 is 0 Å². The number of benzene rings is 1. The van der Waals surface area contributed by atoms with Crippen LogP contribution < -0.4 is 4.90 Å². The van der Waals surface area contributed by atoms with E-state index in [1.165, 1.54) is 4.90 Å². The van der Waals surface area contributed by atoms with E-state index in [0.29, 0.717) is 0 Å². The molecule has 112 valence electrons. The molecule has 0 radical (unpaired) electrons. The van der Waals surface area contributed by atoms with Crippen molar-refractivity contribution >= 4 is 10.4 Å². The quantitative estimate of drug-likeness (QED) is 0.457. The first-order chi connectivity index (χ1) is 8.13. The van der Waals surface area contributed by atoms with Gasteiger partial charge in [-0.15, -0.1) is 0 Å². The molecule has 1 aromatic carbocycles. The van der Waals surface area contributed by atoms with Gasteiger partial charge in [-0.25, -0.2) is 8.42 Å². The van der Waals surface area contributed by atoms with E-state index >= 15 is 0 Å². The molecule has 0 aromatic heterocycles. The van der Waals surface area contributed by atoms with Gasteiger partial charge in [0.2, 0.25) is 10.4 Å². The molecule has 0 aliphatic heterocycles. The predicted octanol–water partition coefficient (Wildman–Crippen LogP) is -1.57. The normalized spacial score (nSPS) is 13.8. The highest BCUT2D eigenvalue weighted by Gasteiger charge is 2.20. The Hall–Kier alpha value is -1.03. The van der Waals surface area contributed by atoms with Crippen molar-refractivity contribution in [3.05, 3.63) is 35.9 Å². The standard InChI is InChI=1S/C11H17NO.H2O4S.H2O/c1-9(12(2)3)11(13)10-7-5-4-6-8-10;1-5(2,3)4;/h4-9,11,13H,1-3H3;(H2,1,2,3,4);1H2/t9-,11-;;/m0../s1. The zero-order valence-electron chi connectivity index (χ0n) is 11.1. The lowest BCUT2D eigenvalue weighted by atomic mass is 10.0. The summed E-state index contributed by atoms with van der Waals surface area (Å²) in [5.74, 6) is 0. The summed E-state index contributed by atoms with van der Waals surface area (Å²) in [5.41, 5.74) is 0.996. The summed E-state index contributed by atoms with van der Waals surface area (Å²) in [6.07, 6.45) is -0.369. The number of aliphatic hydroxyl groups excluding tert-OH is 1. The van der Waals surface area contributed by atoms with Crippen molar-refractivity contribution in [1.29, 1.82) is 0 Å². The average molecular weight is 295 g/mol. The van der Waals surface area contributed by atoms with Crippen molar-refractivity contribution in [1.82, 2.24) is 0 Å². The van der Waals surface area contributed by atoms with Crippen molar-refractivity contribution in [2.75, 3.05) is 14.1 Å². The molecule has 2 atom stereocenters. The first-order valence-corrected chi connectivity index (χ1v) is 6.70. The molecule has 5 N–H and O–H groups in total. The third kappa shape index (κ3) is 10.6. The third-order valence-corrected chi connectivity index (χ3v) is 2.53. The molecule has 0 spiro atoms. The van der Waals surface area contributed by atoms with Crippen LogP contribution >= 0.6 is 0 Å². The van der Waals surface area contributed by atoms with Crippen LogP contribution in [0.1, 0.15) is 18.6 Å². The van der Waals surface area contributed by atoms with Crippen LogP contribution in [0.4, 0.5) is 0 Å². The van der Waals surface area contributed by atoms with Crippen molar-refractivity contribution < 1.29 is 33.0 Å². The summed E-state index contributed by atoms with van der Waals surface area (Å²) >= 11 is 0. The number of quaternary nitrogens is 1. The van der Waals surface area contributed by atoms with Gasteiger partial charge in [0.15, 0.2) is 0 Å². The number of aliphatic hydroxyl groups is 1. The van der Waals surface area contributed by atoms with Crippen LogP contribution in [0, 0.1) is 0 Å². The summed E-state index contributed by atoms with van der Waals surface area (Å²) in [6.45, 7) is 2.05. The van der Waals surface area contributed by atoms with E-state index in [0.717, 1.165) is 5.56 Å². The van der Waals surface area contributed by atoms with Crippen molar-refractivity contribution in [2.24, 2.45) is 0 Å². The van der Waals surface area contributed by atoms with Crippen LogP contribution in [-0.2, 0) is 10.4 Å². The SMILES string of the molecule is C[C@@H]([C@H](O)c1ccccc1)[NH+](C)C.O.O=S(=O)([O-])O. The fourth-order valence-electron chi connectivity index (χ4n) is 1.25. The van der Waals surface area contributed by atoms with E-state index in [-0.39, 0.29) is 17.6 Å².